The Hall–Kier alpha value is -5.11. The number of carbonyl (C=O) groups excluding carboxylic acids is 2. The van der Waals surface area contributed by atoms with Gasteiger partial charge in [-0.3, -0.25) is 5.10 Å². The van der Waals surface area contributed by atoms with Gasteiger partial charge in [0.05, 0.1) is 53.3 Å². The summed E-state index contributed by atoms with van der Waals surface area (Å²) in [4.78, 5) is 46.6. The Balaban J connectivity index is 0.000000188. The third-order valence-corrected chi connectivity index (χ3v) is 12.0. The van der Waals surface area contributed by atoms with Crippen molar-refractivity contribution in [1.82, 2.24) is 39.9 Å². The van der Waals surface area contributed by atoms with Crippen LogP contribution in [-0.4, -0.2) is 118 Å². The van der Waals surface area contributed by atoms with Gasteiger partial charge in [0.1, 0.15) is 9.21 Å². The van der Waals surface area contributed by atoms with Gasteiger partial charge in [-0.25, -0.2) is 29.5 Å². The van der Waals surface area contributed by atoms with Gasteiger partial charge in [0.2, 0.25) is 5.95 Å². The minimum atomic E-state index is -0.459. The number of rotatable bonds is 11. The molecule has 0 aliphatic carbocycles. The highest BCUT2D eigenvalue weighted by Gasteiger charge is 2.29. The first-order valence-corrected chi connectivity index (χ1v) is 23.5. The van der Waals surface area contributed by atoms with Crippen LogP contribution in [0.1, 0.15) is 111 Å². The van der Waals surface area contributed by atoms with Gasteiger partial charge in [-0.2, -0.15) is 19.3 Å². The monoisotopic (exact) mass is 1020 g/mol. The van der Waals surface area contributed by atoms with Crippen molar-refractivity contribution in [2.75, 3.05) is 63.4 Å². The summed E-state index contributed by atoms with van der Waals surface area (Å²) in [5.41, 5.74) is 5.68. The Morgan fingerprint density at radius 1 is 0.738 bits per heavy atom. The number of piperidine rings is 2. The molecule has 0 aromatic carbocycles. The number of anilines is 2. The summed E-state index contributed by atoms with van der Waals surface area (Å²) in [5.74, 6) is -0.227. The highest BCUT2D eigenvalue weighted by atomic mass is 79.9. The van der Waals surface area contributed by atoms with Crippen molar-refractivity contribution in [2.24, 2.45) is 0 Å². The van der Waals surface area contributed by atoms with E-state index in [1.165, 1.54) is 6.07 Å². The molecule has 16 nitrogen and oxygen atoms in total. The van der Waals surface area contributed by atoms with Crippen LogP contribution in [-0.2, 0) is 18.9 Å². The fraction of sp³-hybridized carbons (Fsp3) is 0.478. The standard InChI is InChI=1S/C23H28BrN5O3.C18H26N4O3.C5H3BrFN/c1-5-32-23(30)16-13-17(28-11-9-15(31-4)10-12-28)20-21(14(2)3)27-29(22(20)25-16)19-8-6-7-18(24)26-19;1-5-25-18(23)13-10-14(22-8-6-12(24-4)7-9-22)15-16(11(2)3)20-21-17(15)19-13;6-4-2-1-3-5(7)8-4/h6-8,13-15H,5,9-12H2,1-4H3;10-12H,5-9H2,1-4H3,(H,19,20,21);1-3H. The maximum absolute atomic E-state index is 12.7. The Morgan fingerprint density at radius 3 is 1.72 bits per heavy atom. The number of pyridine rings is 4. The summed E-state index contributed by atoms with van der Waals surface area (Å²) in [6, 6.07) is 13.9. The van der Waals surface area contributed by atoms with Crippen molar-refractivity contribution in [3.05, 3.63) is 86.5 Å². The molecule has 2 aliphatic rings. The second kappa shape index (κ2) is 22.9. The molecule has 2 fully saturated rings. The lowest BCUT2D eigenvalue weighted by Gasteiger charge is -2.33. The van der Waals surface area contributed by atoms with Gasteiger partial charge in [0.15, 0.2) is 28.5 Å². The number of H-pyrrole nitrogens is 1. The van der Waals surface area contributed by atoms with Gasteiger partial charge >= 0.3 is 11.9 Å². The predicted octanol–water partition coefficient (Wildman–Crippen LogP) is 9.35. The number of fused-ring (bicyclic) bond motifs is 2. The average Bonchev–Trinajstić information content (AvgIpc) is 3.92. The van der Waals surface area contributed by atoms with Crippen molar-refractivity contribution >= 4 is 77.2 Å². The van der Waals surface area contributed by atoms with E-state index in [2.05, 4.69) is 94.5 Å². The molecule has 348 valence electrons. The van der Waals surface area contributed by atoms with Gasteiger partial charge in [0.25, 0.3) is 0 Å². The summed E-state index contributed by atoms with van der Waals surface area (Å²) in [7, 11) is 3.52. The van der Waals surface area contributed by atoms with Crippen LogP contribution in [0, 0.1) is 5.95 Å². The minimum Gasteiger partial charge on any atom is -0.461 e. The quantitative estimate of drug-likeness (QED) is 0.0960. The van der Waals surface area contributed by atoms with Crippen LogP contribution < -0.4 is 9.80 Å². The minimum absolute atomic E-state index is 0.163. The molecular formula is C46H57Br2FN10O6. The van der Waals surface area contributed by atoms with Crippen molar-refractivity contribution < 1.29 is 32.9 Å². The topological polar surface area (TPSA) is 176 Å². The molecule has 0 saturated carbocycles. The van der Waals surface area contributed by atoms with E-state index in [4.69, 9.17) is 29.0 Å². The Kier molecular flexibility index (Phi) is 17.4. The lowest BCUT2D eigenvalue weighted by molar-refractivity contribution is 0.0510. The maximum Gasteiger partial charge on any atom is 0.357 e. The number of methoxy groups -OCH3 is 2. The van der Waals surface area contributed by atoms with E-state index in [-0.39, 0.29) is 30.2 Å². The molecule has 19 heteroatoms. The molecular weight excluding hydrogens is 967 g/mol. The molecule has 0 atom stereocenters. The number of aromatic nitrogens is 8. The van der Waals surface area contributed by atoms with Crippen molar-refractivity contribution in [2.45, 2.75) is 91.3 Å². The molecule has 8 heterocycles. The smallest absolute Gasteiger partial charge is 0.357 e. The zero-order valence-corrected chi connectivity index (χ0v) is 41.3. The molecule has 6 aromatic heterocycles. The maximum atomic E-state index is 12.7. The number of esters is 2. The van der Waals surface area contributed by atoms with Crippen molar-refractivity contribution in [3.63, 3.8) is 0 Å². The molecule has 65 heavy (non-hydrogen) atoms. The molecule has 8 rings (SSSR count). The van der Waals surface area contributed by atoms with Crippen LogP contribution in [0.2, 0.25) is 0 Å². The van der Waals surface area contributed by atoms with Crippen LogP contribution >= 0.6 is 31.9 Å². The van der Waals surface area contributed by atoms with Crippen LogP contribution in [0.4, 0.5) is 15.8 Å². The number of hydrogen-bond donors (Lipinski definition) is 1. The zero-order chi connectivity index (χ0) is 46.8. The summed E-state index contributed by atoms with van der Waals surface area (Å²) in [6.07, 6.45) is 4.33. The Bertz CT molecular complexity index is 2540. The van der Waals surface area contributed by atoms with Gasteiger partial charge in [-0.1, -0.05) is 39.8 Å². The van der Waals surface area contributed by atoms with Crippen LogP contribution in [0.15, 0.2) is 57.7 Å². The largest absolute Gasteiger partial charge is 0.461 e. The lowest BCUT2D eigenvalue weighted by Crippen LogP contribution is -2.37. The average molecular weight is 1020 g/mol. The van der Waals surface area contributed by atoms with Crippen LogP contribution in [0.3, 0.4) is 0 Å². The molecule has 1 N–H and O–H groups in total. The van der Waals surface area contributed by atoms with Gasteiger partial charge in [-0.15, -0.1) is 0 Å². The van der Waals surface area contributed by atoms with E-state index in [1.54, 1.807) is 44.9 Å². The summed E-state index contributed by atoms with van der Waals surface area (Å²) < 4.78 is 36.4. The highest BCUT2D eigenvalue weighted by molar-refractivity contribution is 9.10. The van der Waals surface area contributed by atoms with E-state index in [9.17, 15) is 14.0 Å². The van der Waals surface area contributed by atoms with Crippen LogP contribution in [0.25, 0.3) is 27.9 Å². The number of hydrogen-bond acceptors (Lipinski definition) is 14. The SMILES string of the molecule is CCOC(=O)c1cc(N2CCC(OC)CC2)c2c(C(C)C)[nH]nc2n1.CCOC(=O)c1cc(N2CCC(OC)CC2)c2c(C(C)C)nn(-c3cccc(Br)n3)c2n1.Fc1cccc(Br)n1. The second-order valence-corrected chi connectivity index (χ2v) is 17.7. The van der Waals surface area contributed by atoms with Crippen molar-refractivity contribution in [1.29, 1.82) is 0 Å². The molecule has 0 bridgehead atoms. The lowest BCUT2D eigenvalue weighted by atomic mass is 10.0. The van der Waals surface area contributed by atoms with Gasteiger partial charge in [0, 0.05) is 46.1 Å². The van der Waals surface area contributed by atoms with E-state index in [1.807, 2.05) is 30.3 Å². The van der Waals surface area contributed by atoms with Crippen molar-refractivity contribution in [3.8, 4) is 5.82 Å². The molecule has 0 radical (unpaired) electrons. The van der Waals surface area contributed by atoms with E-state index < -0.39 is 17.9 Å². The molecule has 2 aliphatic heterocycles. The number of aromatic amines is 1. The number of nitrogens with one attached hydrogen (secondary N) is 1. The highest BCUT2D eigenvalue weighted by Crippen LogP contribution is 2.37. The first-order valence-electron chi connectivity index (χ1n) is 21.9. The normalized spacial score (nSPS) is 14.7. The van der Waals surface area contributed by atoms with E-state index in [0.717, 1.165) is 85.4 Å². The molecule has 6 aromatic rings. The molecule has 0 unspecified atom stereocenters. The van der Waals surface area contributed by atoms with E-state index in [0.29, 0.717) is 44.7 Å². The first kappa shape index (κ1) is 49.3. The number of nitrogens with zero attached hydrogens (tertiary/aromatic N) is 9. The summed E-state index contributed by atoms with van der Waals surface area (Å²) in [6.45, 7) is 16.1. The number of ether oxygens (including phenoxy) is 4. The molecule has 0 spiro atoms. The summed E-state index contributed by atoms with van der Waals surface area (Å²) >= 11 is 6.45. The molecule has 2 saturated heterocycles. The Morgan fingerprint density at radius 2 is 1.26 bits per heavy atom. The van der Waals surface area contributed by atoms with Crippen LogP contribution in [0.5, 0.6) is 0 Å². The number of carbonyl (C=O) groups is 2. The predicted molar refractivity (Wildman–Crippen MR) is 255 cm³/mol. The zero-order valence-electron chi connectivity index (χ0n) is 38.1. The first-order chi connectivity index (χ1) is 31.3. The fourth-order valence-corrected chi connectivity index (χ4v) is 8.47. The second-order valence-electron chi connectivity index (χ2n) is 16.1. The van der Waals surface area contributed by atoms with Gasteiger partial charge < -0.3 is 28.7 Å². The third kappa shape index (κ3) is 12.0. The number of halogens is 3. The fourth-order valence-electron chi connectivity index (χ4n) is 7.81. The third-order valence-electron chi connectivity index (χ3n) is 11.1. The van der Waals surface area contributed by atoms with Gasteiger partial charge in [-0.05, 0) is 120 Å². The van der Waals surface area contributed by atoms with E-state index >= 15 is 0 Å². The Labute approximate surface area is 395 Å². The summed E-state index contributed by atoms with van der Waals surface area (Å²) in [5, 5.41) is 14.3. The molecule has 0 amide bonds.